The van der Waals surface area contributed by atoms with Crippen LogP contribution in [0.3, 0.4) is 0 Å². The Bertz CT molecular complexity index is 945. The second-order valence-electron chi connectivity index (χ2n) is 6.77. The maximum atomic E-state index is 12.5. The average Bonchev–Trinajstić information content (AvgIpc) is 3.10. The van der Waals surface area contributed by atoms with Crippen molar-refractivity contribution < 1.29 is 9.53 Å². The molecule has 0 spiro atoms. The van der Waals surface area contributed by atoms with Crippen molar-refractivity contribution in [3.63, 3.8) is 0 Å². The summed E-state index contributed by atoms with van der Waals surface area (Å²) in [7, 11) is 3.55. The van der Waals surface area contributed by atoms with Gasteiger partial charge in [0.1, 0.15) is 5.75 Å². The number of hydrogen-bond acceptors (Lipinski definition) is 5. The van der Waals surface area contributed by atoms with Gasteiger partial charge in [-0.25, -0.2) is 15.0 Å². The van der Waals surface area contributed by atoms with Crippen molar-refractivity contribution in [2.24, 2.45) is 7.05 Å². The number of nitrogens with zero attached hydrogens (tertiary/aromatic N) is 4. The molecule has 1 fully saturated rings. The molecular weight excluding hydrogens is 342 g/mol. The van der Waals surface area contributed by atoms with Gasteiger partial charge in [0.2, 0.25) is 5.82 Å². The molecule has 1 aromatic carbocycles. The number of nitrogens with one attached hydrogen (secondary N) is 1. The quantitative estimate of drug-likeness (QED) is 0.753. The number of hydrogen-bond donors (Lipinski definition) is 1. The fourth-order valence-corrected chi connectivity index (χ4v) is 3.35. The minimum atomic E-state index is -0.239. The molecule has 7 heteroatoms. The topological polar surface area (TPSA) is 81.9 Å². The van der Waals surface area contributed by atoms with Gasteiger partial charge in [-0.15, -0.1) is 0 Å². The summed E-state index contributed by atoms with van der Waals surface area (Å²) in [4.78, 5) is 25.1. The minimum absolute atomic E-state index is 0.147. The standard InChI is InChI=1S/C20H21N5O2/c1-25-12-21-11-18(25)17-7-8-22-19(24-17)20(26)23-15-9-14(10-15)13-3-5-16(27-2)6-4-13/h3-8,11-12,14-15H,9-10H2,1-2H3,(H,23,26)/t14-,15-. The summed E-state index contributed by atoms with van der Waals surface area (Å²) in [6, 6.07) is 10.0. The van der Waals surface area contributed by atoms with E-state index in [1.807, 2.05) is 23.7 Å². The van der Waals surface area contributed by atoms with E-state index in [9.17, 15) is 4.79 Å². The van der Waals surface area contributed by atoms with Crippen LogP contribution >= 0.6 is 0 Å². The number of aromatic nitrogens is 4. The van der Waals surface area contributed by atoms with Crippen LogP contribution in [0.2, 0.25) is 0 Å². The number of methoxy groups -OCH3 is 1. The second-order valence-corrected chi connectivity index (χ2v) is 6.77. The molecule has 0 bridgehead atoms. The van der Waals surface area contributed by atoms with Crippen LogP contribution in [0.15, 0.2) is 49.1 Å². The highest BCUT2D eigenvalue weighted by molar-refractivity contribution is 5.91. The lowest BCUT2D eigenvalue weighted by Crippen LogP contribution is -2.43. The molecule has 3 aromatic rings. The van der Waals surface area contributed by atoms with Gasteiger partial charge < -0.3 is 14.6 Å². The van der Waals surface area contributed by atoms with Gasteiger partial charge in [0.15, 0.2) is 0 Å². The van der Waals surface area contributed by atoms with E-state index in [0.717, 1.165) is 24.3 Å². The molecule has 0 aliphatic heterocycles. The van der Waals surface area contributed by atoms with Gasteiger partial charge in [-0.3, -0.25) is 4.79 Å². The predicted octanol–water partition coefficient (Wildman–Crippen LogP) is 2.56. The Morgan fingerprint density at radius 2 is 2.00 bits per heavy atom. The first-order chi connectivity index (χ1) is 13.1. The lowest BCUT2D eigenvalue weighted by Gasteiger charge is -2.36. The SMILES string of the molecule is COc1ccc([C@H]2C[C@H](NC(=O)c3nccc(-c4cncn4C)n3)C2)cc1. The molecule has 7 nitrogen and oxygen atoms in total. The number of carbonyl (C=O) groups is 1. The Morgan fingerprint density at radius 3 is 2.67 bits per heavy atom. The van der Waals surface area contributed by atoms with Crippen molar-refractivity contribution in [3.8, 4) is 17.1 Å². The third kappa shape index (κ3) is 3.53. The van der Waals surface area contributed by atoms with E-state index in [4.69, 9.17) is 4.74 Å². The Balaban J connectivity index is 1.37. The van der Waals surface area contributed by atoms with E-state index in [1.54, 1.807) is 31.9 Å². The molecule has 4 rings (SSSR count). The Labute approximate surface area is 157 Å². The lowest BCUT2D eigenvalue weighted by molar-refractivity contribution is 0.0898. The van der Waals surface area contributed by atoms with Crippen molar-refractivity contribution in [2.75, 3.05) is 7.11 Å². The summed E-state index contributed by atoms with van der Waals surface area (Å²) < 4.78 is 7.05. The first-order valence-corrected chi connectivity index (χ1v) is 8.88. The third-order valence-electron chi connectivity index (χ3n) is 5.00. The summed E-state index contributed by atoms with van der Waals surface area (Å²) in [5, 5.41) is 3.03. The summed E-state index contributed by atoms with van der Waals surface area (Å²) in [6.07, 6.45) is 6.85. The maximum Gasteiger partial charge on any atom is 0.289 e. The fraction of sp³-hybridized carbons (Fsp3) is 0.300. The Hall–Kier alpha value is -3.22. The lowest BCUT2D eigenvalue weighted by atomic mass is 9.76. The van der Waals surface area contributed by atoms with Gasteiger partial charge in [0.05, 0.1) is 31.0 Å². The van der Waals surface area contributed by atoms with Crippen molar-refractivity contribution in [1.82, 2.24) is 24.8 Å². The van der Waals surface area contributed by atoms with Gasteiger partial charge in [-0.1, -0.05) is 12.1 Å². The molecule has 0 saturated heterocycles. The van der Waals surface area contributed by atoms with Gasteiger partial charge in [0.25, 0.3) is 5.91 Å². The van der Waals surface area contributed by atoms with Crippen molar-refractivity contribution >= 4 is 5.91 Å². The molecule has 0 radical (unpaired) electrons. The molecule has 1 amide bonds. The smallest absolute Gasteiger partial charge is 0.289 e. The first-order valence-electron chi connectivity index (χ1n) is 8.88. The highest BCUT2D eigenvalue weighted by Gasteiger charge is 2.32. The van der Waals surface area contributed by atoms with Crippen LogP contribution in [0.5, 0.6) is 5.75 Å². The molecule has 138 valence electrons. The molecule has 1 N–H and O–H groups in total. The summed E-state index contributed by atoms with van der Waals surface area (Å²) in [6.45, 7) is 0. The number of aryl methyl sites for hydroxylation is 1. The van der Waals surface area contributed by atoms with Gasteiger partial charge in [-0.2, -0.15) is 0 Å². The van der Waals surface area contributed by atoms with E-state index >= 15 is 0 Å². The largest absolute Gasteiger partial charge is 0.497 e. The molecule has 27 heavy (non-hydrogen) atoms. The minimum Gasteiger partial charge on any atom is -0.497 e. The van der Waals surface area contributed by atoms with E-state index in [1.165, 1.54) is 5.56 Å². The number of ether oxygens (including phenoxy) is 1. The van der Waals surface area contributed by atoms with Gasteiger partial charge >= 0.3 is 0 Å². The predicted molar refractivity (Wildman–Crippen MR) is 100 cm³/mol. The zero-order chi connectivity index (χ0) is 18.8. The second kappa shape index (κ2) is 7.19. The van der Waals surface area contributed by atoms with Crippen LogP contribution in [-0.2, 0) is 7.05 Å². The zero-order valence-electron chi connectivity index (χ0n) is 15.3. The fourth-order valence-electron chi connectivity index (χ4n) is 3.35. The van der Waals surface area contributed by atoms with Crippen molar-refractivity contribution in [3.05, 3.63) is 60.4 Å². The van der Waals surface area contributed by atoms with E-state index in [-0.39, 0.29) is 17.8 Å². The van der Waals surface area contributed by atoms with Crippen LogP contribution in [0.1, 0.15) is 34.9 Å². The van der Waals surface area contributed by atoms with Gasteiger partial charge in [-0.05, 0) is 42.5 Å². The maximum absolute atomic E-state index is 12.5. The Kier molecular flexibility index (Phi) is 4.58. The summed E-state index contributed by atoms with van der Waals surface area (Å²) >= 11 is 0. The number of carbonyl (C=O) groups excluding carboxylic acids is 1. The number of rotatable bonds is 5. The molecule has 1 aliphatic rings. The van der Waals surface area contributed by atoms with Crippen LogP contribution < -0.4 is 10.1 Å². The van der Waals surface area contributed by atoms with Crippen LogP contribution in [-0.4, -0.2) is 38.6 Å². The van der Waals surface area contributed by atoms with E-state index in [2.05, 4.69) is 32.4 Å². The average molecular weight is 363 g/mol. The monoisotopic (exact) mass is 363 g/mol. The molecule has 1 saturated carbocycles. The third-order valence-corrected chi connectivity index (χ3v) is 5.00. The molecule has 0 atom stereocenters. The van der Waals surface area contributed by atoms with Crippen LogP contribution in [0.25, 0.3) is 11.4 Å². The Morgan fingerprint density at radius 1 is 1.22 bits per heavy atom. The first kappa shape index (κ1) is 17.2. The van der Waals surface area contributed by atoms with Crippen LogP contribution in [0.4, 0.5) is 0 Å². The van der Waals surface area contributed by atoms with Crippen molar-refractivity contribution in [2.45, 2.75) is 24.8 Å². The van der Waals surface area contributed by atoms with Crippen molar-refractivity contribution in [1.29, 1.82) is 0 Å². The highest BCUT2D eigenvalue weighted by atomic mass is 16.5. The molecule has 0 unspecified atom stereocenters. The highest BCUT2D eigenvalue weighted by Crippen LogP contribution is 2.37. The zero-order valence-corrected chi connectivity index (χ0v) is 15.3. The normalized spacial score (nSPS) is 18.6. The van der Waals surface area contributed by atoms with E-state index < -0.39 is 0 Å². The molecular formula is C20H21N5O2. The number of imidazole rings is 1. The van der Waals surface area contributed by atoms with Gasteiger partial charge in [0, 0.05) is 19.3 Å². The number of amides is 1. The number of benzene rings is 1. The van der Waals surface area contributed by atoms with E-state index in [0.29, 0.717) is 11.6 Å². The summed E-state index contributed by atoms with van der Waals surface area (Å²) in [5.41, 5.74) is 2.80. The molecule has 1 aliphatic carbocycles. The van der Waals surface area contributed by atoms with Crippen LogP contribution in [0, 0.1) is 0 Å². The molecule has 2 heterocycles. The summed E-state index contributed by atoms with van der Waals surface area (Å²) in [5.74, 6) is 1.26. The molecule has 2 aromatic heterocycles.